The number of rotatable bonds is 3. The number of thiophene rings is 1. The van der Waals surface area contributed by atoms with Gasteiger partial charge in [0.2, 0.25) is 0 Å². The predicted octanol–water partition coefficient (Wildman–Crippen LogP) is 3.03. The first-order chi connectivity index (χ1) is 8.33. The SMILES string of the molecule is OC(Cc1cncs1)c1cnc2ccsc2c1. The van der Waals surface area contributed by atoms with Gasteiger partial charge < -0.3 is 5.11 Å². The average molecular weight is 262 g/mol. The van der Waals surface area contributed by atoms with Gasteiger partial charge in [0, 0.05) is 29.3 Å². The van der Waals surface area contributed by atoms with Crippen LogP contribution in [0.1, 0.15) is 16.5 Å². The normalized spacial score (nSPS) is 13.0. The summed E-state index contributed by atoms with van der Waals surface area (Å²) in [7, 11) is 0. The van der Waals surface area contributed by atoms with E-state index in [1.165, 1.54) is 0 Å². The van der Waals surface area contributed by atoms with Gasteiger partial charge in [0.1, 0.15) is 0 Å². The van der Waals surface area contributed by atoms with Gasteiger partial charge in [-0.25, -0.2) is 0 Å². The summed E-state index contributed by atoms with van der Waals surface area (Å²) in [5.74, 6) is 0. The van der Waals surface area contributed by atoms with Crippen LogP contribution < -0.4 is 0 Å². The smallest absolute Gasteiger partial charge is 0.0854 e. The third kappa shape index (κ3) is 2.22. The standard InChI is InChI=1S/C12H10N2OS2/c15-11(4-9-6-13-7-17-9)8-3-12-10(14-5-8)1-2-16-12/h1-3,5-7,11,15H,4H2. The van der Waals surface area contributed by atoms with Crippen molar-refractivity contribution < 1.29 is 5.11 Å². The molecule has 0 radical (unpaired) electrons. The van der Waals surface area contributed by atoms with Crippen LogP contribution in [-0.2, 0) is 6.42 Å². The van der Waals surface area contributed by atoms with Gasteiger partial charge >= 0.3 is 0 Å². The molecule has 17 heavy (non-hydrogen) atoms. The number of aliphatic hydroxyl groups is 1. The van der Waals surface area contributed by atoms with E-state index < -0.39 is 6.10 Å². The van der Waals surface area contributed by atoms with Crippen LogP contribution in [0.5, 0.6) is 0 Å². The summed E-state index contributed by atoms with van der Waals surface area (Å²) >= 11 is 3.21. The van der Waals surface area contributed by atoms with Crippen molar-refractivity contribution in [2.75, 3.05) is 0 Å². The highest BCUT2D eigenvalue weighted by molar-refractivity contribution is 7.17. The van der Waals surface area contributed by atoms with Crippen LogP contribution in [0.2, 0.25) is 0 Å². The van der Waals surface area contributed by atoms with Crippen molar-refractivity contribution in [3.63, 3.8) is 0 Å². The fourth-order valence-corrected chi connectivity index (χ4v) is 3.12. The molecule has 0 saturated carbocycles. The van der Waals surface area contributed by atoms with Crippen molar-refractivity contribution >= 4 is 32.9 Å². The molecule has 3 aromatic heterocycles. The highest BCUT2D eigenvalue weighted by Crippen LogP contribution is 2.25. The van der Waals surface area contributed by atoms with Crippen LogP contribution in [-0.4, -0.2) is 15.1 Å². The molecule has 0 aromatic carbocycles. The van der Waals surface area contributed by atoms with Crippen molar-refractivity contribution in [2.24, 2.45) is 0 Å². The van der Waals surface area contributed by atoms with Crippen LogP contribution in [0.25, 0.3) is 10.2 Å². The second kappa shape index (κ2) is 4.52. The number of fused-ring (bicyclic) bond motifs is 1. The Morgan fingerprint density at radius 3 is 3.06 bits per heavy atom. The van der Waals surface area contributed by atoms with Gasteiger partial charge in [-0.3, -0.25) is 9.97 Å². The topological polar surface area (TPSA) is 46.0 Å². The highest BCUT2D eigenvalue weighted by atomic mass is 32.1. The number of hydrogen-bond donors (Lipinski definition) is 1. The minimum atomic E-state index is -0.505. The second-order valence-corrected chi connectivity index (χ2v) is 5.68. The van der Waals surface area contributed by atoms with Gasteiger partial charge in [0.25, 0.3) is 0 Å². The van der Waals surface area contributed by atoms with E-state index in [9.17, 15) is 5.11 Å². The Morgan fingerprint density at radius 2 is 2.24 bits per heavy atom. The molecule has 0 saturated heterocycles. The van der Waals surface area contributed by atoms with Crippen molar-refractivity contribution in [2.45, 2.75) is 12.5 Å². The van der Waals surface area contributed by atoms with Gasteiger partial charge in [-0.2, -0.15) is 0 Å². The molecule has 0 aliphatic carbocycles. The molecule has 1 N–H and O–H groups in total. The number of pyridine rings is 1. The van der Waals surface area contributed by atoms with E-state index in [4.69, 9.17) is 0 Å². The largest absolute Gasteiger partial charge is 0.388 e. The number of nitrogens with zero attached hydrogens (tertiary/aromatic N) is 2. The maximum Gasteiger partial charge on any atom is 0.0854 e. The second-order valence-electron chi connectivity index (χ2n) is 3.76. The van der Waals surface area contributed by atoms with E-state index in [2.05, 4.69) is 9.97 Å². The molecule has 0 fully saturated rings. The third-order valence-electron chi connectivity index (χ3n) is 2.59. The molecule has 3 nitrogen and oxygen atoms in total. The molecular formula is C12H10N2OS2. The van der Waals surface area contributed by atoms with Crippen LogP contribution in [0.3, 0.4) is 0 Å². The maximum atomic E-state index is 10.1. The number of aromatic nitrogens is 2. The minimum Gasteiger partial charge on any atom is -0.388 e. The number of thiazole rings is 1. The average Bonchev–Trinajstić information content (AvgIpc) is 2.97. The molecule has 1 unspecified atom stereocenters. The molecule has 0 aliphatic rings. The number of hydrogen-bond acceptors (Lipinski definition) is 5. The van der Waals surface area contributed by atoms with Crippen molar-refractivity contribution in [3.8, 4) is 0 Å². The lowest BCUT2D eigenvalue weighted by Crippen LogP contribution is -2.00. The first-order valence-electron chi connectivity index (χ1n) is 5.21. The van der Waals surface area contributed by atoms with E-state index in [-0.39, 0.29) is 0 Å². The zero-order chi connectivity index (χ0) is 11.7. The molecule has 3 rings (SSSR count). The fraction of sp³-hybridized carbons (Fsp3) is 0.167. The van der Waals surface area contributed by atoms with E-state index in [0.717, 1.165) is 20.7 Å². The molecular weight excluding hydrogens is 252 g/mol. The molecule has 0 bridgehead atoms. The van der Waals surface area contributed by atoms with Crippen molar-refractivity contribution in [3.05, 3.63) is 45.9 Å². The predicted molar refractivity (Wildman–Crippen MR) is 70.4 cm³/mol. The van der Waals surface area contributed by atoms with Crippen LogP contribution in [0, 0.1) is 0 Å². The minimum absolute atomic E-state index is 0.505. The summed E-state index contributed by atoms with van der Waals surface area (Å²) < 4.78 is 1.12. The van der Waals surface area contributed by atoms with Crippen molar-refractivity contribution in [1.82, 2.24) is 9.97 Å². The summed E-state index contributed by atoms with van der Waals surface area (Å²) in [6, 6.07) is 4.00. The lowest BCUT2D eigenvalue weighted by atomic mass is 10.1. The van der Waals surface area contributed by atoms with Crippen LogP contribution in [0.4, 0.5) is 0 Å². The molecule has 5 heteroatoms. The Bertz CT molecular complexity index is 618. The lowest BCUT2D eigenvalue weighted by Gasteiger charge is -2.08. The Labute approximate surface area is 106 Å². The van der Waals surface area contributed by atoms with Crippen LogP contribution >= 0.6 is 22.7 Å². The molecule has 3 heterocycles. The molecule has 3 aromatic rings. The number of aliphatic hydroxyl groups excluding tert-OH is 1. The molecule has 0 amide bonds. The van der Waals surface area contributed by atoms with Gasteiger partial charge in [-0.05, 0) is 17.5 Å². The summed E-state index contributed by atoms with van der Waals surface area (Å²) in [6.45, 7) is 0. The fourth-order valence-electron chi connectivity index (χ4n) is 1.70. The molecule has 0 spiro atoms. The summed E-state index contributed by atoms with van der Waals surface area (Å²) in [5.41, 5.74) is 3.64. The third-order valence-corrected chi connectivity index (χ3v) is 4.24. The van der Waals surface area contributed by atoms with Gasteiger partial charge in [0.15, 0.2) is 0 Å². The first-order valence-corrected chi connectivity index (χ1v) is 6.97. The molecule has 1 atom stereocenters. The van der Waals surface area contributed by atoms with E-state index in [1.54, 1.807) is 40.6 Å². The zero-order valence-corrected chi connectivity index (χ0v) is 10.5. The Morgan fingerprint density at radius 1 is 1.29 bits per heavy atom. The van der Waals surface area contributed by atoms with E-state index >= 15 is 0 Å². The first kappa shape index (κ1) is 10.8. The quantitative estimate of drug-likeness (QED) is 0.789. The lowest BCUT2D eigenvalue weighted by molar-refractivity contribution is 0.179. The van der Waals surface area contributed by atoms with Gasteiger partial charge in [-0.15, -0.1) is 22.7 Å². The highest BCUT2D eigenvalue weighted by Gasteiger charge is 2.11. The Hall–Kier alpha value is -1.30. The maximum absolute atomic E-state index is 10.1. The van der Waals surface area contributed by atoms with Gasteiger partial charge in [0.05, 0.1) is 21.8 Å². The summed E-state index contributed by atoms with van der Waals surface area (Å²) in [6.07, 6.45) is 3.64. The van der Waals surface area contributed by atoms with E-state index in [1.807, 2.05) is 17.5 Å². The summed E-state index contributed by atoms with van der Waals surface area (Å²) in [4.78, 5) is 9.42. The van der Waals surface area contributed by atoms with E-state index in [0.29, 0.717) is 6.42 Å². The molecule has 0 aliphatic heterocycles. The van der Waals surface area contributed by atoms with Crippen LogP contribution in [0.15, 0.2) is 35.4 Å². The summed E-state index contributed by atoms with van der Waals surface area (Å²) in [5, 5.41) is 12.1. The Balaban J connectivity index is 1.87. The monoisotopic (exact) mass is 262 g/mol. The van der Waals surface area contributed by atoms with Gasteiger partial charge in [-0.1, -0.05) is 0 Å². The van der Waals surface area contributed by atoms with Crippen molar-refractivity contribution in [1.29, 1.82) is 0 Å². The zero-order valence-electron chi connectivity index (χ0n) is 8.91. The molecule has 86 valence electrons. The Kier molecular flexibility index (Phi) is 2.88.